The first-order valence-corrected chi connectivity index (χ1v) is 6.53. The van der Waals surface area contributed by atoms with Gasteiger partial charge in [0.15, 0.2) is 0 Å². The van der Waals surface area contributed by atoms with Crippen molar-refractivity contribution in [2.45, 2.75) is 46.5 Å². The lowest BCUT2D eigenvalue weighted by molar-refractivity contribution is -0.121. The van der Waals surface area contributed by atoms with Crippen LogP contribution in [-0.4, -0.2) is 11.6 Å². The molecule has 0 aliphatic rings. The molecule has 0 heterocycles. The van der Waals surface area contributed by atoms with E-state index in [9.17, 15) is 4.79 Å². The van der Waals surface area contributed by atoms with E-state index in [0.717, 1.165) is 30.5 Å². The number of aryl methyl sites for hydroxylation is 1. The van der Waals surface area contributed by atoms with Gasteiger partial charge in [0, 0.05) is 6.42 Å². The molecule has 3 nitrogen and oxygen atoms in total. The van der Waals surface area contributed by atoms with E-state index < -0.39 is 0 Å². The van der Waals surface area contributed by atoms with Gasteiger partial charge in [-0.3, -0.25) is 4.79 Å². The Balaban J connectivity index is 2.49. The fourth-order valence-corrected chi connectivity index (χ4v) is 1.67. The third-order valence-electron chi connectivity index (χ3n) is 2.79. The third-order valence-corrected chi connectivity index (χ3v) is 2.79. The number of benzene rings is 1. The lowest BCUT2D eigenvalue weighted by atomic mass is 10.1. The molecule has 0 saturated carbocycles. The first-order chi connectivity index (χ1) is 8.63. The summed E-state index contributed by atoms with van der Waals surface area (Å²) < 4.78 is 0. The van der Waals surface area contributed by atoms with Crippen molar-refractivity contribution >= 4 is 11.6 Å². The molecule has 0 radical (unpaired) electrons. The van der Waals surface area contributed by atoms with Gasteiger partial charge in [0.05, 0.1) is 5.71 Å². The van der Waals surface area contributed by atoms with Gasteiger partial charge >= 0.3 is 0 Å². The number of carbonyl (C=O) groups is 1. The molecule has 0 atom stereocenters. The summed E-state index contributed by atoms with van der Waals surface area (Å²) in [6, 6.07) is 8.09. The highest BCUT2D eigenvalue weighted by atomic mass is 16.2. The van der Waals surface area contributed by atoms with Crippen molar-refractivity contribution in [3.8, 4) is 0 Å². The average Bonchev–Trinajstić information content (AvgIpc) is 2.36. The largest absolute Gasteiger partial charge is 0.273 e. The average molecular weight is 246 g/mol. The molecule has 0 aromatic heterocycles. The summed E-state index contributed by atoms with van der Waals surface area (Å²) in [6.45, 7) is 6.07. The van der Waals surface area contributed by atoms with Gasteiger partial charge in [0.25, 0.3) is 0 Å². The smallest absolute Gasteiger partial charge is 0.240 e. The molecule has 0 aliphatic carbocycles. The number of nitrogens with one attached hydrogen (secondary N) is 1. The molecular formula is C15H22N2O. The van der Waals surface area contributed by atoms with E-state index in [1.807, 2.05) is 32.0 Å². The van der Waals surface area contributed by atoms with Gasteiger partial charge in [-0.15, -0.1) is 0 Å². The summed E-state index contributed by atoms with van der Waals surface area (Å²) in [7, 11) is 0. The molecule has 1 aromatic rings. The maximum Gasteiger partial charge on any atom is 0.240 e. The molecule has 0 bridgehead atoms. The maximum atomic E-state index is 11.5. The second kappa shape index (κ2) is 7.64. The number of amides is 1. The highest BCUT2D eigenvalue weighted by molar-refractivity contribution is 5.99. The molecule has 0 unspecified atom stereocenters. The zero-order valence-electron chi connectivity index (χ0n) is 11.5. The van der Waals surface area contributed by atoms with Gasteiger partial charge in [-0.2, -0.15) is 5.10 Å². The number of rotatable bonds is 6. The summed E-state index contributed by atoms with van der Waals surface area (Å²) in [6.07, 6.45) is 3.70. The van der Waals surface area contributed by atoms with Gasteiger partial charge in [0.2, 0.25) is 5.91 Å². The van der Waals surface area contributed by atoms with Crippen LogP contribution in [-0.2, 0) is 4.79 Å². The Kier molecular flexibility index (Phi) is 6.12. The lowest BCUT2D eigenvalue weighted by Crippen LogP contribution is -2.18. The normalized spacial score (nSPS) is 11.4. The summed E-state index contributed by atoms with van der Waals surface area (Å²) in [4.78, 5) is 11.5. The molecule has 3 heteroatoms. The van der Waals surface area contributed by atoms with Gasteiger partial charge < -0.3 is 0 Å². The van der Waals surface area contributed by atoms with Crippen molar-refractivity contribution in [1.82, 2.24) is 5.43 Å². The maximum absolute atomic E-state index is 11.5. The quantitative estimate of drug-likeness (QED) is 0.466. The number of hydrazone groups is 1. The molecule has 0 aliphatic heterocycles. The summed E-state index contributed by atoms with van der Waals surface area (Å²) in [5.74, 6) is -0.00421. The molecule has 1 rings (SSSR count). The first-order valence-electron chi connectivity index (χ1n) is 6.53. The standard InChI is InChI=1S/C15H22N2O/c1-4-5-6-10-15(18)17-16-13(3)14-9-7-8-12(2)11-14/h7-9,11H,4-6,10H2,1-3H3,(H,17,18)/b16-13+. The van der Waals surface area contributed by atoms with Crippen LogP contribution < -0.4 is 5.43 Å². The molecule has 1 amide bonds. The van der Waals surface area contributed by atoms with E-state index in [2.05, 4.69) is 23.5 Å². The van der Waals surface area contributed by atoms with Gasteiger partial charge in [-0.25, -0.2) is 5.43 Å². The zero-order chi connectivity index (χ0) is 13.4. The van der Waals surface area contributed by atoms with Crippen LogP contribution in [0, 0.1) is 6.92 Å². The Bertz CT molecular complexity index is 424. The molecule has 0 spiro atoms. The number of hydrogen-bond acceptors (Lipinski definition) is 2. The Morgan fingerprint density at radius 1 is 1.33 bits per heavy atom. The van der Waals surface area contributed by atoms with E-state index in [0.29, 0.717) is 6.42 Å². The summed E-state index contributed by atoms with van der Waals surface area (Å²) in [5.41, 5.74) is 5.68. The Labute approximate surface area is 109 Å². The van der Waals surface area contributed by atoms with Crippen molar-refractivity contribution in [2.24, 2.45) is 5.10 Å². The fraction of sp³-hybridized carbons (Fsp3) is 0.467. The van der Waals surface area contributed by atoms with Crippen LogP contribution in [0.1, 0.15) is 50.7 Å². The number of unbranched alkanes of at least 4 members (excludes halogenated alkanes) is 2. The van der Waals surface area contributed by atoms with E-state index >= 15 is 0 Å². The SMILES string of the molecule is CCCCCC(=O)N/N=C(\C)c1cccc(C)c1. The van der Waals surface area contributed by atoms with Crippen molar-refractivity contribution in [3.05, 3.63) is 35.4 Å². The van der Waals surface area contributed by atoms with Crippen LogP contribution in [0.3, 0.4) is 0 Å². The molecule has 98 valence electrons. The van der Waals surface area contributed by atoms with E-state index in [1.165, 1.54) is 5.56 Å². The molecular weight excluding hydrogens is 224 g/mol. The van der Waals surface area contributed by atoms with Crippen molar-refractivity contribution in [2.75, 3.05) is 0 Å². The van der Waals surface area contributed by atoms with Crippen LogP contribution in [0.5, 0.6) is 0 Å². The minimum absolute atomic E-state index is 0.00421. The summed E-state index contributed by atoms with van der Waals surface area (Å²) >= 11 is 0. The minimum atomic E-state index is -0.00421. The topological polar surface area (TPSA) is 41.5 Å². The predicted octanol–water partition coefficient (Wildman–Crippen LogP) is 3.42. The molecule has 0 fully saturated rings. The van der Waals surface area contributed by atoms with Crippen molar-refractivity contribution < 1.29 is 4.79 Å². The number of nitrogens with zero attached hydrogens (tertiary/aromatic N) is 1. The predicted molar refractivity (Wildman–Crippen MR) is 75.7 cm³/mol. The zero-order valence-corrected chi connectivity index (χ0v) is 11.5. The van der Waals surface area contributed by atoms with Crippen molar-refractivity contribution in [1.29, 1.82) is 0 Å². The lowest BCUT2D eigenvalue weighted by Gasteiger charge is -2.03. The second-order valence-corrected chi connectivity index (χ2v) is 4.56. The van der Waals surface area contributed by atoms with E-state index in [1.54, 1.807) is 0 Å². The molecule has 18 heavy (non-hydrogen) atoms. The van der Waals surface area contributed by atoms with Crippen molar-refractivity contribution in [3.63, 3.8) is 0 Å². The van der Waals surface area contributed by atoms with Crippen LogP contribution >= 0.6 is 0 Å². The Morgan fingerprint density at radius 3 is 2.78 bits per heavy atom. The fourth-order valence-electron chi connectivity index (χ4n) is 1.67. The van der Waals surface area contributed by atoms with Gasteiger partial charge in [-0.1, -0.05) is 49.6 Å². The summed E-state index contributed by atoms with van der Waals surface area (Å²) in [5, 5.41) is 4.13. The van der Waals surface area contributed by atoms with Crippen LogP contribution in [0.25, 0.3) is 0 Å². The van der Waals surface area contributed by atoms with Gasteiger partial charge in [-0.05, 0) is 25.8 Å². The highest BCUT2D eigenvalue weighted by Gasteiger charge is 2.01. The van der Waals surface area contributed by atoms with Crippen LogP contribution in [0.4, 0.5) is 0 Å². The monoisotopic (exact) mass is 246 g/mol. The Morgan fingerprint density at radius 2 is 2.11 bits per heavy atom. The van der Waals surface area contributed by atoms with Crippen LogP contribution in [0.15, 0.2) is 29.4 Å². The Hall–Kier alpha value is -1.64. The molecule has 0 saturated heterocycles. The highest BCUT2D eigenvalue weighted by Crippen LogP contribution is 2.05. The number of hydrogen-bond donors (Lipinski definition) is 1. The molecule has 1 aromatic carbocycles. The van der Waals surface area contributed by atoms with Crippen LogP contribution in [0.2, 0.25) is 0 Å². The third kappa shape index (κ3) is 5.13. The van der Waals surface area contributed by atoms with Gasteiger partial charge in [0.1, 0.15) is 0 Å². The van der Waals surface area contributed by atoms with E-state index in [-0.39, 0.29) is 5.91 Å². The minimum Gasteiger partial charge on any atom is -0.273 e. The number of carbonyl (C=O) groups excluding carboxylic acids is 1. The second-order valence-electron chi connectivity index (χ2n) is 4.56. The van der Waals surface area contributed by atoms with E-state index in [4.69, 9.17) is 0 Å². The molecule has 1 N–H and O–H groups in total. The first kappa shape index (κ1) is 14.4.